The molecule has 0 saturated carbocycles. The van der Waals surface area contributed by atoms with Crippen LogP contribution in [0.3, 0.4) is 0 Å². The lowest BCUT2D eigenvalue weighted by atomic mass is 10.2. The number of pyridine rings is 1. The minimum Gasteiger partial charge on any atom is -0.363 e. The fourth-order valence-electron chi connectivity index (χ4n) is 2.12. The van der Waals surface area contributed by atoms with E-state index < -0.39 is 0 Å². The highest BCUT2D eigenvalue weighted by atomic mass is 32.1. The van der Waals surface area contributed by atoms with E-state index in [-0.39, 0.29) is 5.69 Å². The first-order valence-electron chi connectivity index (χ1n) is 6.96. The predicted octanol–water partition coefficient (Wildman–Crippen LogP) is 2.00. The third-order valence-corrected chi connectivity index (χ3v) is 4.56. The topological polar surface area (TPSA) is 66.8 Å². The highest BCUT2D eigenvalue weighted by molar-refractivity contribution is 7.15. The van der Waals surface area contributed by atoms with Crippen molar-refractivity contribution in [2.75, 3.05) is 19.0 Å². The molecule has 0 saturated heterocycles. The summed E-state index contributed by atoms with van der Waals surface area (Å²) in [4.78, 5) is 20.2. The number of aryl methyl sites for hydroxylation is 2. The molecule has 3 aromatic rings. The molecule has 1 N–H and O–H groups in total. The number of anilines is 1. The lowest BCUT2D eigenvalue weighted by Gasteiger charge is -2.10. The van der Waals surface area contributed by atoms with Gasteiger partial charge < -0.3 is 4.90 Å². The second kappa shape index (κ2) is 6.15. The molecule has 0 aliphatic rings. The van der Waals surface area contributed by atoms with E-state index in [1.165, 1.54) is 16.1 Å². The van der Waals surface area contributed by atoms with Crippen molar-refractivity contribution in [3.8, 4) is 10.4 Å². The van der Waals surface area contributed by atoms with Gasteiger partial charge >= 0.3 is 5.69 Å². The molecule has 0 unspecified atom stereocenters. The molecule has 0 aliphatic carbocycles. The van der Waals surface area contributed by atoms with E-state index >= 15 is 0 Å². The molecule has 0 bridgehead atoms. The molecule has 6 nitrogen and oxygen atoms in total. The minimum absolute atomic E-state index is 0.166. The maximum atomic E-state index is 11.4. The zero-order valence-electron chi connectivity index (χ0n) is 12.5. The Hall–Kier alpha value is -2.41. The van der Waals surface area contributed by atoms with Crippen LogP contribution in [0.4, 0.5) is 5.82 Å². The molecule has 0 fully saturated rings. The second-order valence-electron chi connectivity index (χ2n) is 5.17. The summed E-state index contributed by atoms with van der Waals surface area (Å²) in [6, 6.07) is 8.30. The number of hydrogen-bond acceptors (Lipinski definition) is 5. The fourth-order valence-corrected chi connectivity index (χ4v) is 3.11. The van der Waals surface area contributed by atoms with Gasteiger partial charge in [0.15, 0.2) is 0 Å². The fraction of sp³-hybridized carbons (Fsp3) is 0.267. The Morgan fingerprint density at radius 2 is 2.14 bits per heavy atom. The number of nitrogens with zero attached hydrogens (tertiary/aromatic N) is 4. The number of nitrogens with one attached hydrogen (secondary N) is 1. The first kappa shape index (κ1) is 14.5. The van der Waals surface area contributed by atoms with Gasteiger partial charge in [-0.15, -0.1) is 11.3 Å². The van der Waals surface area contributed by atoms with Crippen LogP contribution in [-0.4, -0.2) is 33.8 Å². The van der Waals surface area contributed by atoms with Crippen LogP contribution in [0.15, 0.2) is 41.6 Å². The summed E-state index contributed by atoms with van der Waals surface area (Å²) in [5.74, 6) is 0.944. The molecule has 0 amide bonds. The highest BCUT2D eigenvalue weighted by Gasteiger charge is 2.05. The largest absolute Gasteiger partial charge is 0.363 e. The normalized spacial score (nSPS) is 10.8. The van der Waals surface area contributed by atoms with E-state index in [0.29, 0.717) is 6.54 Å². The summed E-state index contributed by atoms with van der Waals surface area (Å²) in [5.41, 5.74) is 0.947. The first-order valence-corrected chi connectivity index (χ1v) is 7.77. The Balaban J connectivity index is 1.70. The van der Waals surface area contributed by atoms with E-state index in [0.717, 1.165) is 17.8 Å². The maximum absolute atomic E-state index is 11.4. The van der Waals surface area contributed by atoms with Gasteiger partial charge in [0.2, 0.25) is 0 Å². The summed E-state index contributed by atoms with van der Waals surface area (Å²) < 4.78 is 1.58. The van der Waals surface area contributed by atoms with Crippen molar-refractivity contribution in [3.63, 3.8) is 0 Å². The molecule has 22 heavy (non-hydrogen) atoms. The van der Waals surface area contributed by atoms with Gasteiger partial charge in [-0.2, -0.15) is 5.10 Å². The van der Waals surface area contributed by atoms with Crippen LogP contribution >= 0.6 is 11.3 Å². The van der Waals surface area contributed by atoms with Crippen molar-refractivity contribution in [1.29, 1.82) is 0 Å². The third kappa shape index (κ3) is 3.09. The number of thiophene rings is 1. The Morgan fingerprint density at radius 1 is 1.27 bits per heavy atom. The summed E-state index contributed by atoms with van der Waals surface area (Å²) in [7, 11) is 3.95. The molecular weight excluding hydrogens is 298 g/mol. The van der Waals surface area contributed by atoms with E-state index in [9.17, 15) is 4.79 Å². The zero-order chi connectivity index (χ0) is 15.5. The number of H-pyrrole nitrogens is 1. The molecule has 0 spiro atoms. The van der Waals surface area contributed by atoms with Crippen LogP contribution in [0.2, 0.25) is 0 Å². The van der Waals surface area contributed by atoms with Gasteiger partial charge in [0.25, 0.3) is 0 Å². The Labute approximate surface area is 132 Å². The molecule has 114 valence electrons. The predicted molar refractivity (Wildman–Crippen MR) is 88.4 cm³/mol. The van der Waals surface area contributed by atoms with Gasteiger partial charge in [0.1, 0.15) is 12.1 Å². The van der Waals surface area contributed by atoms with Crippen LogP contribution in [0, 0.1) is 0 Å². The van der Waals surface area contributed by atoms with Gasteiger partial charge in [-0.05, 0) is 30.7 Å². The zero-order valence-corrected chi connectivity index (χ0v) is 13.3. The summed E-state index contributed by atoms with van der Waals surface area (Å²) in [6.07, 6.45) is 4.24. The van der Waals surface area contributed by atoms with Crippen molar-refractivity contribution < 1.29 is 0 Å². The molecule has 3 heterocycles. The summed E-state index contributed by atoms with van der Waals surface area (Å²) in [6.45, 7) is 0.632. The third-order valence-electron chi connectivity index (χ3n) is 3.37. The Kier molecular flexibility index (Phi) is 4.06. The monoisotopic (exact) mass is 315 g/mol. The van der Waals surface area contributed by atoms with Crippen LogP contribution in [0.25, 0.3) is 10.4 Å². The van der Waals surface area contributed by atoms with Gasteiger partial charge in [-0.1, -0.05) is 0 Å². The first-order chi connectivity index (χ1) is 10.6. The average Bonchev–Trinajstić information content (AvgIpc) is 3.14. The summed E-state index contributed by atoms with van der Waals surface area (Å²) >= 11 is 1.73. The lowest BCUT2D eigenvalue weighted by molar-refractivity contribution is 0.676. The maximum Gasteiger partial charge on any atom is 0.343 e. The second-order valence-corrected chi connectivity index (χ2v) is 6.34. The Bertz CT molecular complexity index is 800. The number of rotatable bonds is 5. The van der Waals surface area contributed by atoms with Gasteiger partial charge in [-0.3, -0.25) is 4.57 Å². The lowest BCUT2D eigenvalue weighted by Crippen LogP contribution is -2.17. The van der Waals surface area contributed by atoms with Crippen molar-refractivity contribution >= 4 is 17.2 Å². The quantitative estimate of drug-likeness (QED) is 0.782. The average molecular weight is 315 g/mol. The van der Waals surface area contributed by atoms with E-state index in [1.54, 1.807) is 15.9 Å². The van der Waals surface area contributed by atoms with Crippen LogP contribution < -0.4 is 10.6 Å². The molecule has 0 aliphatic heterocycles. The molecule has 3 rings (SSSR count). The van der Waals surface area contributed by atoms with Crippen LogP contribution in [0.5, 0.6) is 0 Å². The number of aromatic nitrogens is 4. The summed E-state index contributed by atoms with van der Waals surface area (Å²) in [5, 5.41) is 6.12. The van der Waals surface area contributed by atoms with Crippen molar-refractivity contribution in [2.45, 2.75) is 13.0 Å². The van der Waals surface area contributed by atoms with Crippen molar-refractivity contribution in [1.82, 2.24) is 19.7 Å². The van der Waals surface area contributed by atoms with Gasteiger partial charge in [0, 0.05) is 42.2 Å². The van der Waals surface area contributed by atoms with Crippen LogP contribution in [0.1, 0.15) is 4.88 Å². The molecule has 0 radical (unpaired) electrons. The Morgan fingerprint density at radius 3 is 2.77 bits per heavy atom. The number of hydrogen-bond donors (Lipinski definition) is 1. The molecule has 7 heteroatoms. The van der Waals surface area contributed by atoms with Crippen molar-refractivity contribution in [3.05, 3.63) is 52.2 Å². The molecule has 0 atom stereocenters. The molecule has 0 aromatic carbocycles. The van der Waals surface area contributed by atoms with E-state index in [1.807, 2.05) is 31.3 Å². The van der Waals surface area contributed by atoms with E-state index in [2.05, 4.69) is 33.4 Å². The SMILES string of the molecule is CN(C)c1ccc(-c2ccc(CCn3cn[nH]c3=O)s2)cn1. The molecular formula is C15H17N5OS. The standard InChI is InChI=1S/C15H17N5OS/c1-19(2)14-6-3-11(9-16-14)13-5-4-12(22-13)7-8-20-10-17-18-15(20)21/h3-6,9-10H,7-8H2,1-2H3,(H,18,21). The van der Waals surface area contributed by atoms with Crippen molar-refractivity contribution in [2.24, 2.45) is 0 Å². The van der Waals surface area contributed by atoms with E-state index in [4.69, 9.17) is 0 Å². The smallest absolute Gasteiger partial charge is 0.343 e. The van der Waals surface area contributed by atoms with Gasteiger partial charge in [-0.25, -0.2) is 14.9 Å². The van der Waals surface area contributed by atoms with Crippen LogP contribution in [-0.2, 0) is 13.0 Å². The molecule has 3 aromatic heterocycles. The highest BCUT2D eigenvalue weighted by Crippen LogP contribution is 2.28. The van der Waals surface area contributed by atoms with Gasteiger partial charge in [0.05, 0.1) is 0 Å². The number of aromatic amines is 1. The minimum atomic E-state index is -0.166.